The second-order valence-electron chi connectivity index (χ2n) is 8.25. The monoisotopic (exact) mass is 394 g/mol. The molecule has 0 radical (unpaired) electrons. The number of nitrogen functional groups attached to an aromatic ring is 1. The van der Waals surface area contributed by atoms with Crippen molar-refractivity contribution in [3.63, 3.8) is 0 Å². The van der Waals surface area contributed by atoms with Crippen molar-refractivity contribution < 1.29 is 9.18 Å². The molecule has 0 saturated heterocycles. The lowest BCUT2D eigenvalue weighted by molar-refractivity contribution is 0.102. The molecule has 29 heavy (non-hydrogen) atoms. The first kappa shape index (κ1) is 20.6. The van der Waals surface area contributed by atoms with Crippen molar-refractivity contribution >= 4 is 17.4 Å². The van der Waals surface area contributed by atoms with Crippen LogP contribution in [0, 0.1) is 12.7 Å². The molecule has 0 unspecified atom stereocenters. The summed E-state index contributed by atoms with van der Waals surface area (Å²) in [6, 6.07) is 13.3. The number of rotatable bonds is 5. The third-order valence-electron chi connectivity index (χ3n) is 4.77. The van der Waals surface area contributed by atoms with Gasteiger partial charge in [-0.15, -0.1) is 0 Å². The molecule has 5 nitrogen and oxygen atoms in total. The fourth-order valence-electron chi connectivity index (χ4n) is 3.17. The fourth-order valence-corrected chi connectivity index (χ4v) is 3.17. The van der Waals surface area contributed by atoms with Crippen LogP contribution in [0.15, 0.2) is 48.5 Å². The van der Waals surface area contributed by atoms with E-state index in [4.69, 9.17) is 10.8 Å². The minimum atomic E-state index is -0.375. The summed E-state index contributed by atoms with van der Waals surface area (Å²) < 4.78 is 14.9. The lowest BCUT2D eigenvalue weighted by Gasteiger charge is -2.22. The van der Waals surface area contributed by atoms with Gasteiger partial charge in [-0.25, -0.2) is 9.07 Å². The molecular formula is C23H27FN4O. The second kappa shape index (κ2) is 8.07. The highest BCUT2D eigenvalue weighted by Gasteiger charge is 2.21. The predicted octanol–water partition coefficient (Wildman–Crippen LogP) is 4.71. The summed E-state index contributed by atoms with van der Waals surface area (Å²) in [6.45, 7) is 8.15. The molecule has 152 valence electrons. The Morgan fingerprint density at radius 3 is 2.45 bits per heavy atom. The maximum atomic E-state index is 13.1. The Bertz CT molecular complexity index is 1020. The summed E-state index contributed by atoms with van der Waals surface area (Å²) in [5, 5.41) is 7.63. The quantitative estimate of drug-likeness (QED) is 0.616. The third-order valence-corrected chi connectivity index (χ3v) is 4.77. The Morgan fingerprint density at radius 2 is 1.79 bits per heavy atom. The van der Waals surface area contributed by atoms with Gasteiger partial charge in [0.25, 0.3) is 5.91 Å². The number of halogens is 1. The van der Waals surface area contributed by atoms with Crippen molar-refractivity contribution in [3.05, 3.63) is 76.7 Å². The number of hydrogen-bond acceptors (Lipinski definition) is 3. The maximum absolute atomic E-state index is 13.1. The number of hydrogen-bond donors (Lipinski definition) is 2. The van der Waals surface area contributed by atoms with E-state index in [9.17, 15) is 9.18 Å². The average Bonchev–Trinajstić information content (AvgIpc) is 3.06. The van der Waals surface area contributed by atoms with Crippen LogP contribution in [0.2, 0.25) is 0 Å². The summed E-state index contributed by atoms with van der Waals surface area (Å²) in [7, 11) is 0. The summed E-state index contributed by atoms with van der Waals surface area (Å²) in [5.41, 5.74) is 10.0. The Morgan fingerprint density at radius 1 is 1.10 bits per heavy atom. The van der Waals surface area contributed by atoms with E-state index in [-0.39, 0.29) is 17.3 Å². The number of anilines is 2. The normalized spacial score (nSPS) is 11.5. The van der Waals surface area contributed by atoms with Crippen LogP contribution in [0.5, 0.6) is 0 Å². The molecule has 0 atom stereocenters. The molecule has 6 heteroatoms. The lowest BCUT2D eigenvalue weighted by Crippen LogP contribution is -2.26. The number of carbonyl (C=O) groups excluding carboxylic acids is 1. The van der Waals surface area contributed by atoms with Gasteiger partial charge in [-0.1, -0.05) is 6.07 Å². The molecule has 0 aliphatic heterocycles. The number of benzene rings is 2. The lowest BCUT2D eigenvalue weighted by atomic mass is 10.0. The molecule has 0 saturated carbocycles. The van der Waals surface area contributed by atoms with Gasteiger partial charge in [-0.05, 0) is 88.1 Å². The van der Waals surface area contributed by atoms with Gasteiger partial charge < -0.3 is 11.1 Å². The van der Waals surface area contributed by atoms with E-state index >= 15 is 0 Å². The molecular weight excluding hydrogens is 367 g/mol. The Hall–Kier alpha value is -3.15. The van der Waals surface area contributed by atoms with Crippen LogP contribution < -0.4 is 11.1 Å². The summed E-state index contributed by atoms with van der Waals surface area (Å²) in [5.74, 6) is -0.0554. The highest BCUT2D eigenvalue weighted by atomic mass is 19.1. The first-order chi connectivity index (χ1) is 13.6. The minimum absolute atomic E-state index is 0.298. The number of aromatic nitrogens is 2. The molecule has 3 N–H and O–H groups in total. The number of amides is 1. The van der Waals surface area contributed by atoms with E-state index in [2.05, 4.69) is 12.2 Å². The first-order valence-electron chi connectivity index (χ1n) is 9.65. The predicted molar refractivity (Wildman–Crippen MR) is 115 cm³/mol. The third kappa shape index (κ3) is 5.02. The van der Waals surface area contributed by atoms with Crippen molar-refractivity contribution in [3.8, 4) is 0 Å². The van der Waals surface area contributed by atoms with Crippen molar-refractivity contribution in [1.82, 2.24) is 9.78 Å². The van der Waals surface area contributed by atoms with E-state index in [1.807, 2.05) is 49.7 Å². The van der Waals surface area contributed by atoms with Crippen LogP contribution in [0.3, 0.4) is 0 Å². The number of nitrogens with one attached hydrogen (secondary N) is 1. The zero-order valence-corrected chi connectivity index (χ0v) is 17.3. The molecule has 0 bridgehead atoms. The van der Waals surface area contributed by atoms with E-state index in [0.29, 0.717) is 11.4 Å². The molecule has 3 rings (SSSR count). The molecule has 2 aromatic carbocycles. The Kier molecular flexibility index (Phi) is 5.73. The topological polar surface area (TPSA) is 72.9 Å². The van der Waals surface area contributed by atoms with E-state index in [1.54, 1.807) is 0 Å². The van der Waals surface area contributed by atoms with Gasteiger partial charge in [0.15, 0.2) is 0 Å². The van der Waals surface area contributed by atoms with Crippen molar-refractivity contribution in [2.45, 2.75) is 46.1 Å². The van der Waals surface area contributed by atoms with Gasteiger partial charge in [-0.2, -0.15) is 5.10 Å². The van der Waals surface area contributed by atoms with Crippen LogP contribution in [-0.2, 0) is 18.4 Å². The van der Waals surface area contributed by atoms with Crippen molar-refractivity contribution in [2.75, 3.05) is 11.1 Å². The molecule has 0 fully saturated rings. The van der Waals surface area contributed by atoms with Gasteiger partial charge in [0.1, 0.15) is 11.6 Å². The maximum Gasteiger partial charge on any atom is 0.256 e. The van der Waals surface area contributed by atoms with Crippen LogP contribution >= 0.6 is 0 Å². The molecule has 3 aromatic rings. The SMILES string of the molecule is Cc1ccc(N)cc1CCc1cc(NC(=O)c2ccc(F)cc2)n(C(C)(C)C)n1. The standard InChI is InChI=1S/C23H27FN4O/c1-15-5-11-19(25)13-17(15)8-12-20-14-21(28(27-20)23(2,3)4)26-22(29)16-6-9-18(24)10-7-16/h5-7,9-11,13-14H,8,12,25H2,1-4H3,(H,26,29). The first-order valence-corrected chi connectivity index (χ1v) is 9.65. The second-order valence-corrected chi connectivity index (χ2v) is 8.25. The summed E-state index contributed by atoms with van der Waals surface area (Å²) in [4.78, 5) is 12.6. The molecule has 0 aliphatic rings. The van der Waals surface area contributed by atoms with Crippen molar-refractivity contribution in [2.24, 2.45) is 0 Å². The minimum Gasteiger partial charge on any atom is -0.399 e. The molecule has 0 spiro atoms. The molecule has 1 heterocycles. The Balaban J connectivity index is 1.81. The highest BCUT2D eigenvalue weighted by Crippen LogP contribution is 2.23. The van der Waals surface area contributed by atoms with Gasteiger partial charge in [-0.3, -0.25) is 4.79 Å². The Labute approximate surface area is 170 Å². The van der Waals surface area contributed by atoms with Gasteiger partial charge in [0.05, 0.1) is 11.2 Å². The van der Waals surface area contributed by atoms with Crippen LogP contribution in [0.25, 0.3) is 0 Å². The molecule has 1 aromatic heterocycles. The van der Waals surface area contributed by atoms with Crippen LogP contribution in [-0.4, -0.2) is 15.7 Å². The van der Waals surface area contributed by atoms with E-state index in [0.717, 1.165) is 24.2 Å². The largest absolute Gasteiger partial charge is 0.399 e. The fraction of sp³-hybridized carbons (Fsp3) is 0.304. The van der Waals surface area contributed by atoms with Gasteiger partial charge in [0, 0.05) is 17.3 Å². The number of nitrogens with two attached hydrogens (primary N) is 1. The average molecular weight is 394 g/mol. The smallest absolute Gasteiger partial charge is 0.256 e. The zero-order valence-electron chi connectivity index (χ0n) is 17.3. The van der Waals surface area contributed by atoms with Crippen molar-refractivity contribution in [1.29, 1.82) is 0 Å². The number of aryl methyl sites for hydroxylation is 3. The van der Waals surface area contributed by atoms with Gasteiger partial charge >= 0.3 is 0 Å². The van der Waals surface area contributed by atoms with Gasteiger partial charge in [0.2, 0.25) is 0 Å². The number of carbonyl (C=O) groups is 1. The highest BCUT2D eigenvalue weighted by molar-refractivity contribution is 6.03. The molecule has 1 amide bonds. The molecule has 0 aliphatic carbocycles. The van der Waals surface area contributed by atoms with Crippen LogP contribution in [0.4, 0.5) is 15.9 Å². The van der Waals surface area contributed by atoms with Crippen LogP contribution in [0.1, 0.15) is 48.0 Å². The number of nitrogens with zero attached hydrogens (tertiary/aromatic N) is 2. The zero-order chi connectivity index (χ0) is 21.2. The summed E-state index contributed by atoms with van der Waals surface area (Å²) in [6.07, 6.45) is 1.54. The summed E-state index contributed by atoms with van der Waals surface area (Å²) >= 11 is 0. The van der Waals surface area contributed by atoms with E-state index in [1.165, 1.54) is 35.4 Å². The van der Waals surface area contributed by atoms with E-state index < -0.39 is 0 Å².